The van der Waals surface area contributed by atoms with Crippen molar-refractivity contribution in [1.82, 2.24) is 0 Å². The Morgan fingerprint density at radius 2 is 0.917 bits per heavy atom. The van der Waals surface area contributed by atoms with Gasteiger partial charge in [0.25, 0.3) is 0 Å². The summed E-state index contributed by atoms with van der Waals surface area (Å²) in [6.07, 6.45) is 0. The van der Waals surface area contributed by atoms with Gasteiger partial charge in [-0.05, 0) is 0 Å². The van der Waals surface area contributed by atoms with Gasteiger partial charge in [-0.1, -0.05) is 0 Å². The third kappa shape index (κ3) is 5.31. The minimum absolute atomic E-state index is 0.527. The molecular weight excluding hydrogens is 589 g/mol. The quantitative estimate of drug-likeness (QED) is 0.371. The first-order valence-corrected chi connectivity index (χ1v) is 30.6. The molecule has 0 amide bonds. The maximum atomic E-state index is 2.72. The van der Waals surface area contributed by atoms with Crippen LogP contribution in [0.2, 0.25) is 29.7 Å². The van der Waals surface area contributed by atoms with Crippen LogP contribution >= 0.6 is 0 Å². The van der Waals surface area contributed by atoms with E-state index in [9.17, 15) is 0 Å². The Labute approximate surface area is 106 Å². The molecule has 1 rings (SSSR count). The molecule has 1 fully saturated rings. The monoisotopic (exact) mass is 616 g/mol. The van der Waals surface area contributed by atoms with Crippen molar-refractivity contribution in [2.75, 3.05) is 0 Å². The summed E-state index contributed by atoms with van der Waals surface area (Å²) in [5, 5.41) is 0. The maximum absolute atomic E-state index is 2.72. The first-order chi connectivity index (χ1) is 5.41. The van der Waals surface area contributed by atoms with Gasteiger partial charge in [-0.25, -0.2) is 0 Å². The summed E-state index contributed by atoms with van der Waals surface area (Å²) in [6.45, 7) is 0. The van der Waals surface area contributed by atoms with Gasteiger partial charge in [-0.15, -0.1) is 0 Å². The molecule has 0 spiro atoms. The fourth-order valence-corrected chi connectivity index (χ4v) is 106. The molecule has 0 aromatic carbocycles. The van der Waals surface area contributed by atoms with E-state index in [0.717, 1.165) is 0 Å². The van der Waals surface area contributed by atoms with E-state index in [4.69, 9.17) is 0 Å². The van der Waals surface area contributed by atoms with Crippen LogP contribution in [-0.4, -0.2) is 78.6 Å². The van der Waals surface area contributed by atoms with Gasteiger partial charge in [0, 0.05) is 0 Å². The van der Waals surface area contributed by atoms with Crippen LogP contribution in [0.1, 0.15) is 0 Å². The Bertz CT molecular complexity index is 127. The van der Waals surface area contributed by atoms with Crippen molar-refractivity contribution in [1.29, 1.82) is 0 Å². The summed E-state index contributed by atoms with van der Waals surface area (Å²) in [6, 6.07) is 0. The van der Waals surface area contributed by atoms with Gasteiger partial charge in [-0.3, -0.25) is 0 Å². The minimum atomic E-state index is -1.28. The van der Waals surface area contributed by atoms with Crippen LogP contribution in [0.25, 0.3) is 0 Å². The van der Waals surface area contributed by atoms with Gasteiger partial charge in [0.15, 0.2) is 0 Å². The van der Waals surface area contributed by atoms with Crippen molar-refractivity contribution in [3.05, 3.63) is 0 Å². The second kappa shape index (κ2) is 5.49. The molecule has 12 heavy (non-hydrogen) atoms. The molecular formula is C8H20Sn2Te2. The predicted molar refractivity (Wildman–Crippen MR) is 65.7 cm³/mol. The third-order valence-electron chi connectivity index (χ3n) is 1.97. The van der Waals surface area contributed by atoms with E-state index >= 15 is 0 Å². The number of rotatable bonds is 0. The van der Waals surface area contributed by atoms with E-state index in [2.05, 4.69) is 19.8 Å². The van der Waals surface area contributed by atoms with Crippen molar-refractivity contribution < 1.29 is 0 Å². The molecule has 0 radical (unpaired) electrons. The molecule has 0 N–H and O–H groups in total. The van der Waals surface area contributed by atoms with Gasteiger partial charge < -0.3 is 0 Å². The summed E-state index contributed by atoms with van der Waals surface area (Å²) < 4.78 is 7.41. The summed E-state index contributed by atoms with van der Waals surface area (Å²) in [5.74, 6) is 0. The summed E-state index contributed by atoms with van der Waals surface area (Å²) in [7, 11) is 0. The summed E-state index contributed by atoms with van der Waals surface area (Å²) in [5.41, 5.74) is 0. The van der Waals surface area contributed by atoms with E-state index in [1.54, 1.807) is 0 Å². The van der Waals surface area contributed by atoms with E-state index in [0.29, 0.717) is 41.8 Å². The van der Waals surface area contributed by atoms with Crippen LogP contribution < -0.4 is 0 Å². The van der Waals surface area contributed by atoms with Crippen LogP contribution in [0.5, 0.6) is 0 Å². The van der Waals surface area contributed by atoms with E-state index in [1.807, 2.05) is 9.94 Å². The van der Waals surface area contributed by atoms with Crippen molar-refractivity contribution >= 4 is 78.6 Å². The first-order valence-electron chi connectivity index (χ1n) is 4.57. The Morgan fingerprint density at radius 3 is 1.17 bits per heavy atom. The first kappa shape index (κ1) is 13.2. The molecule has 1 aliphatic rings. The third-order valence-corrected chi connectivity index (χ3v) is 88.7. The second-order valence-electron chi connectivity index (χ2n) is 5.31. The molecule has 0 bridgehead atoms. The standard InChI is InChI=1S/2C2H4Te.4CH3.2Sn/c2*1-3-2;;;;;;/h2*1-2H2;4*1H3;;. The van der Waals surface area contributed by atoms with Gasteiger partial charge in [0.2, 0.25) is 0 Å². The molecule has 0 aromatic heterocycles. The van der Waals surface area contributed by atoms with E-state index < -0.39 is 36.8 Å². The van der Waals surface area contributed by atoms with Crippen LogP contribution in [0, 0.1) is 0 Å². The Hall–Kier alpha value is 3.18. The van der Waals surface area contributed by atoms with Crippen LogP contribution in [-0.2, 0) is 0 Å². The fraction of sp³-hybridized carbons (Fsp3) is 1.00. The molecule has 0 saturated carbocycles. The average Bonchev–Trinajstić information content (AvgIpc) is 1.82. The van der Waals surface area contributed by atoms with Crippen molar-refractivity contribution in [3.63, 3.8) is 0 Å². The molecule has 1 heterocycles. The van der Waals surface area contributed by atoms with Crippen molar-refractivity contribution in [3.8, 4) is 0 Å². The Morgan fingerprint density at radius 1 is 0.667 bits per heavy atom. The van der Waals surface area contributed by atoms with Gasteiger partial charge in [0.05, 0.1) is 0 Å². The second-order valence-corrected chi connectivity index (χ2v) is 57.8. The van der Waals surface area contributed by atoms with Gasteiger partial charge >= 0.3 is 108 Å². The van der Waals surface area contributed by atoms with Gasteiger partial charge in [-0.2, -0.15) is 0 Å². The van der Waals surface area contributed by atoms with E-state index in [1.165, 1.54) is 0 Å². The van der Waals surface area contributed by atoms with Crippen LogP contribution in [0.15, 0.2) is 0 Å². The molecule has 1 saturated heterocycles. The Balaban J connectivity index is 2.45. The molecule has 72 valence electrons. The fourth-order valence-electron chi connectivity index (χ4n) is 1.29. The van der Waals surface area contributed by atoms with Gasteiger partial charge in [0.1, 0.15) is 0 Å². The molecule has 0 aromatic rings. The van der Waals surface area contributed by atoms with Crippen molar-refractivity contribution in [2.45, 2.75) is 29.7 Å². The Kier molecular flexibility index (Phi) is 6.06. The molecule has 1 aliphatic heterocycles. The molecule has 4 heteroatoms. The number of hydrogen-bond acceptors (Lipinski definition) is 0. The molecule has 0 nitrogen and oxygen atoms in total. The molecule has 0 unspecified atom stereocenters. The SMILES string of the molecule is [CH3][Sn]1([CH3])[CH2][Te][CH2][Sn]([CH3])([CH3])[CH2][Te][CH2]1. The van der Waals surface area contributed by atoms with E-state index in [-0.39, 0.29) is 0 Å². The predicted octanol–water partition coefficient (Wildman–Crippen LogP) is 2.66. The van der Waals surface area contributed by atoms with Crippen LogP contribution in [0.4, 0.5) is 0 Å². The summed E-state index contributed by atoms with van der Waals surface area (Å²) in [4.78, 5) is 10.9. The normalized spacial score (nSPS) is 29.0. The summed E-state index contributed by atoms with van der Waals surface area (Å²) >= 11 is -1.51. The molecule has 0 atom stereocenters. The zero-order valence-electron chi connectivity index (χ0n) is 8.64. The van der Waals surface area contributed by atoms with Crippen LogP contribution in [0.3, 0.4) is 0 Å². The topological polar surface area (TPSA) is 0 Å². The zero-order chi connectivity index (χ0) is 9.24. The number of hydrogen-bond donors (Lipinski definition) is 0. The molecule has 0 aliphatic carbocycles. The zero-order valence-corrected chi connectivity index (χ0v) is 19.0. The average molecular weight is 609 g/mol. The van der Waals surface area contributed by atoms with Crippen molar-refractivity contribution in [2.24, 2.45) is 0 Å².